The van der Waals surface area contributed by atoms with Crippen molar-refractivity contribution in [2.75, 3.05) is 19.8 Å². The summed E-state index contributed by atoms with van der Waals surface area (Å²) in [5, 5.41) is 5.85. The fourth-order valence-electron chi connectivity index (χ4n) is 2.65. The van der Waals surface area contributed by atoms with Crippen molar-refractivity contribution in [1.82, 2.24) is 10.3 Å². The summed E-state index contributed by atoms with van der Waals surface area (Å²) in [6.45, 7) is 3.67. The average Bonchev–Trinajstić information content (AvgIpc) is 2.91. The molecule has 0 saturated carbocycles. The van der Waals surface area contributed by atoms with E-state index in [0.717, 1.165) is 17.1 Å². The maximum atomic E-state index is 12.3. The van der Waals surface area contributed by atoms with Crippen molar-refractivity contribution in [3.63, 3.8) is 0 Å². The van der Waals surface area contributed by atoms with Crippen LogP contribution in [0.25, 0.3) is 0 Å². The number of nitrogens with zero attached hydrogens (tertiary/aromatic N) is 1. The van der Waals surface area contributed by atoms with E-state index in [0.29, 0.717) is 43.2 Å². The van der Waals surface area contributed by atoms with Gasteiger partial charge >= 0.3 is 0 Å². The minimum atomic E-state index is -0.125. The van der Waals surface area contributed by atoms with E-state index in [1.165, 1.54) is 0 Å². The Morgan fingerprint density at radius 1 is 1.19 bits per heavy atom. The second-order valence-electron chi connectivity index (χ2n) is 6.09. The first-order valence-electron chi connectivity index (χ1n) is 8.72. The van der Waals surface area contributed by atoms with E-state index in [4.69, 9.17) is 9.47 Å². The number of hydrogen-bond donors (Lipinski definition) is 1. The van der Waals surface area contributed by atoms with E-state index in [2.05, 4.69) is 10.3 Å². The minimum absolute atomic E-state index is 0.0778. The second-order valence-corrected chi connectivity index (χ2v) is 7.16. The van der Waals surface area contributed by atoms with Crippen LogP contribution in [0.5, 0.6) is 11.5 Å². The van der Waals surface area contributed by atoms with Crippen molar-refractivity contribution >= 4 is 23.0 Å². The van der Waals surface area contributed by atoms with Crippen LogP contribution in [0.15, 0.2) is 23.6 Å². The van der Waals surface area contributed by atoms with Crippen LogP contribution in [0.4, 0.5) is 0 Å². The SMILES string of the molecule is Cc1nc(CCNC(=O)CCC(=O)c2ccc3c(c2)OCCCO3)cs1. The molecule has 0 radical (unpaired) electrons. The molecular formula is C19H22N2O4S. The fourth-order valence-corrected chi connectivity index (χ4v) is 3.30. The Morgan fingerprint density at radius 3 is 2.77 bits per heavy atom. The second kappa shape index (κ2) is 8.80. The number of ketones is 1. The largest absolute Gasteiger partial charge is 0.490 e. The number of carbonyl (C=O) groups excluding carboxylic acids is 2. The van der Waals surface area contributed by atoms with E-state index in [-0.39, 0.29) is 24.5 Å². The van der Waals surface area contributed by atoms with Crippen LogP contribution in [0, 0.1) is 6.92 Å². The van der Waals surface area contributed by atoms with Gasteiger partial charge in [-0.15, -0.1) is 11.3 Å². The smallest absolute Gasteiger partial charge is 0.220 e. The Morgan fingerprint density at radius 2 is 2.00 bits per heavy atom. The van der Waals surface area contributed by atoms with Gasteiger partial charge < -0.3 is 14.8 Å². The molecule has 7 heteroatoms. The normalized spacial score (nSPS) is 13.1. The van der Waals surface area contributed by atoms with Gasteiger partial charge in [-0.25, -0.2) is 4.98 Å². The van der Waals surface area contributed by atoms with Crippen LogP contribution in [-0.4, -0.2) is 36.4 Å². The summed E-state index contributed by atoms with van der Waals surface area (Å²) in [6.07, 6.45) is 1.86. The van der Waals surface area contributed by atoms with Gasteiger partial charge in [0.2, 0.25) is 5.91 Å². The first-order valence-corrected chi connectivity index (χ1v) is 9.60. The average molecular weight is 374 g/mol. The number of carbonyl (C=O) groups is 2. The molecule has 1 aromatic carbocycles. The number of nitrogens with one attached hydrogen (secondary N) is 1. The van der Waals surface area contributed by atoms with E-state index >= 15 is 0 Å². The van der Waals surface area contributed by atoms with Crippen LogP contribution in [-0.2, 0) is 11.2 Å². The summed E-state index contributed by atoms with van der Waals surface area (Å²) in [4.78, 5) is 28.6. The molecule has 1 aliphatic rings. The van der Waals surface area contributed by atoms with E-state index in [1.807, 2.05) is 12.3 Å². The Kier molecular flexibility index (Phi) is 6.22. The lowest BCUT2D eigenvalue weighted by Crippen LogP contribution is -2.26. The standard InChI is InChI=1S/C19H22N2O4S/c1-13-21-15(12-26-13)7-8-20-19(23)6-4-16(22)14-3-5-17-18(11-14)25-10-2-9-24-17/h3,5,11-12H,2,4,6-10H2,1H3,(H,20,23). The Balaban J connectivity index is 1.44. The number of Topliss-reactive ketones (excluding diaryl/α,β-unsaturated/α-hetero) is 1. The van der Waals surface area contributed by atoms with Gasteiger partial charge in [0.1, 0.15) is 0 Å². The molecule has 6 nitrogen and oxygen atoms in total. The number of hydrogen-bond acceptors (Lipinski definition) is 6. The highest BCUT2D eigenvalue weighted by atomic mass is 32.1. The van der Waals surface area contributed by atoms with Crippen molar-refractivity contribution in [3.8, 4) is 11.5 Å². The molecule has 26 heavy (non-hydrogen) atoms. The van der Waals surface area contributed by atoms with Gasteiger partial charge in [-0.3, -0.25) is 9.59 Å². The van der Waals surface area contributed by atoms with Gasteiger partial charge in [0.25, 0.3) is 0 Å². The third kappa shape index (κ3) is 5.05. The maximum Gasteiger partial charge on any atom is 0.220 e. The highest BCUT2D eigenvalue weighted by Crippen LogP contribution is 2.30. The van der Waals surface area contributed by atoms with Crippen LogP contribution in [0.1, 0.15) is 40.3 Å². The monoisotopic (exact) mass is 374 g/mol. The Bertz CT molecular complexity index is 788. The minimum Gasteiger partial charge on any atom is -0.490 e. The number of amides is 1. The Hall–Kier alpha value is -2.41. The molecule has 1 aromatic heterocycles. The molecular weight excluding hydrogens is 352 g/mol. The molecule has 0 bridgehead atoms. The molecule has 0 fully saturated rings. The van der Waals surface area contributed by atoms with Gasteiger partial charge in [-0.2, -0.15) is 0 Å². The summed E-state index contributed by atoms with van der Waals surface area (Å²) in [6, 6.07) is 5.17. The number of ether oxygens (including phenoxy) is 2. The van der Waals surface area contributed by atoms with Crippen LogP contribution >= 0.6 is 11.3 Å². The summed E-state index contributed by atoms with van der Waals surface area (Å²) < 4.78 is 11.2. The van der Waals surface area contributed by atoms with Crippen molar-refractivity contribution in [3.05, 3.63) is 39.8 Å². The van der Waals surface area contributed by atoms with Gasteiger partial charge in [-0.1, -0.05) is 0 Å². The third-order valence-corrected chi connectivity index (χ3v) is 4.84. The van der Waals surface area contributed by atoms with Crippen LogP contribution in [0.3, 0.4) is 0 Å². The summed E-state index contributed by atoms with van der Waals surface area (Å²) in [5.74, 6) is 1.05. The Labute approximate surface area is 156 Å². The lowest BCUT2D eigenvalue weighted by molar-refractivity contribution is -0.121. The van der Waals surface area contributed by atoms with Crippen LogP contribution in [0.2, 0.25) is 0 Å². The maximum absolute atomic E-state index is 12.3. The van der Waals surface area contributed by atoms with Gasteiger partial charge in [0.05, 0.1) is 23.9 Å². The summed E-state index contributed by atoms with van der Waals surface area (Å²) in [5.41, 5.74) is 1.52. The van der Waals surface area contributed by atoms with E-state index in [9.17, 15) is 9.59 Å². The molecule has 1 N–H and O–H groups in total. The molecule has 3 rings (SSSR count). The topological polar surface area (TPSA) is 77.5 Å². The lowest BCUT2D eigenvalue weighted by atomic mass is 10.1. The molecule has 0 saturated heterocycles. The molecule has 0 aliphatic carbocycles. The number of rotatable bonds is 7. The molecule has 1 amide bonds. The van der Waals surface area contributed by atoms with Gasteiger partial charge in [-0.05, 0) is 25.1 Å². The summed E-state index contributed by atoms with van der Waals surface area (Å²) >= 11 is 1.60. The first kappa shape index (κ1) is 18.4. The zero-order chi connectivity index (χ0) is 18.4. The zero-order valence-electron chi connectivity index (χ0n) is 14.7. The predicted molar refractivity (Wildman–Crippen MR) is 99.2 cm³/mol. The zero-order valence-corrected chi connectivity index (χ0v) is 15.6. The predicted octanol–water partition coefficient (Wildman–Crippen LogP) is 2.93. The van der Waals surface area contributed by atoms with Crippen molar-refractivity contribution < 1.29 is 19.1 Å². The fraction of sp³-hybridized carbons (Fsp3) is 0.421. The van der Waals surface area contributed by atoms with Crippen molar-refractivity contribution in [2.24, 2.45) is 0 Å². The quantitative estimate of drug-likeness (QED) is 0.754. The van der Waals surface area contributed by atoms with Gasteiger partial charge in [0, 0.05) is 43.2 Å². The van der Waals surface area contributed by atoms with Gasteiger partial charge in [0.15, 0.2) is 17.3 Å². The van der Waals surface area contributed by atoms with E-state index < -0.39 is 0 Å². The lowest BCUT2D eigenvalue weighted by Gasteiger charge is -2.09. The molecule has 138 valence electrons. The van der Waals surface area contributed by atoms with E-state index in [1.54, 1.807) is 29.5 Å². The van der Waals surface area contributed by atoms with Crippen molar-refractivity contribution in [2.45, 2.75) is 32.6 Å². The molecule has 0 atom stereocenters. The number of fused-ring (bicyclic) bond motifs is 1. The number of aromatic nitrogens is 1. The summed E-state index contributed by atoms with van der Waals surface area (Å²) in [7, 11) is 0. The molecule has 2 aromatic rings. The highest BCUT2D eigenvalue weighted by Gasteiger charge is 2.15. The van der Waals surface area contributed by atoms with Crippen molar-refractivity contribution in [1.29, 1.82) is 0 Å². The molecule has 0 unspecified atom stereocenters. The molecule has 1 aliphatic heterocycles. The van der Waals surface area contributed by atoms with Crippen LogP contribution < -0.4 is 14.8 Å². The third-order valence-electron chi connectivity index (χ3n) is 4.02. The highest BCUT2D eigenvalue weighted by molar-refractivity contribution is 7.09. The number of thiazole rings is 1. The molecule has 0 spiro atoms. The first-order chi connectivity index (χ1) is 12.6. The number of benzene rings is 1. The number of aryl methyl sites for hydroxylation is 1. The molecule has 2 heterocycles.